The molecule has 0 aliphatic carbocycles. The van der Waals surface area contributed by atoms with E-state index in [9.17, 15) is 4.79 Å². The van der Waals surface area contributed by atoms with Gasteiger partial charge in [-0.15, -0.1) is 11.3 Å². The maximum absolute atomic E-state index is 11.5. The van der Waals surface area contributed by atoms with Crippen LogP contribution in [0.25, 0.3) is 10.2 Å². The second-order valence-electron chi connectivity index (χ2n) is 4.08. The van der Waals surface area contributed by atoms with Crippen molar-refractivity contribution in [1.82, 2.24) is 9.88 Å². The first kappa shape index (κ1) is 9.78. The van der Waals surface area contributed by atoms with E-state index < -0.39 is 0 Å². The molecule has 1 amide bonds. The SMILES string of the molecule is CN1C(=O)CCC1c1nc2ccccc2s1. The van der Waals surface area contributed by atoms with Gasteiger partial charge >= 0.3 is 0 Å². The zero-order chi connectivity index (χ0) is 11.1. The number of benzene rings is 1. The van der Waals surface area contributed by atoms with Crippen LogP contribution >= 0.6 is 11.3 Å². The average molecular weight is 232 g/mol. The van der Waals surface area contributed by atoms with Gasteiger partial charge in [-0.1, -0.05) is 12.1 Å². The first-order chi connectivity index (χ1) is 7.75. The Balaban J connectivity index is 2.03. The van der Waals surface area contributed by atoms with Crippen molar-refractivity contribution in [3.8, 4) is 0 Å². The number of carbonyl (C=O) groups is 1. The van der Waals surface area contributed by atoms with Gasteiger partial charge in [-0.05, 0) is 18.6 Å². The van der Waals surface area contributed by atoms with Crippen LogP contribution in [0.3, 0.4) is 0 Å². The van der Waals surface area contributed by atoms with Crippen molar-refractivity contribution in [3.63, 3.8) is 0 Å². The smallest absolute Gasteiger partial charge is 0.222 e. The topological polar surface area (TPSA) is 33.2 Å². The number of hydrogen-bond acceptors (Lipinski definition) is 3. The summed E-state index contributed by atoms with van der Waals surface area (Å²) in [5, 5.41) is 1.06. The maximum atomic E-state index is 11.5. The summed E-state index contributed by atoms with van der Waals surface area (Å²) in [5.41, 5.74) is 1.04. The van der Waals surface area contributed by atoms with Crippen molar-refractivity contribution in [2.24, 2.45) is 0 Å². The largest absolute Gasteiger partial charge is 0.336 e. The Morgan fingerprint density at radius 2 is 2.25 bits per heavy atom. The van der Waals surface area contributed by atoms with Crippen LogP contribution < -0.4 is 0 Å². The Hall–Kier alpha value is -1.42. The van der Waals surface area contributed by atoms with Crippen LogP contribution in [0.5, 0.6) is 0 Å². The van der Waals surface area contributed by atoms with E-state index in [2.05, 4.69) is 11.1 Å². The molecule has 1 aliphatic rings. The van der Waals surface area contributed by atoms with Gasteiger partial charge in [0.2, 0.25) is 5.91 Å². The van der Waals surface area contributed by atoms with Gasteiger partial charge in [0.25, 0.3) is 0 Å². The highest BCUT2D eigenvalue weighted by Crippen LogP contribution is 2.35. The minimum atomic E-state index is 0.185. The van der Waals surface area contributed by atoms with E-state index in [0.717, 1.165) is 16.9 Å². The fourth-order valence-electron chi connectivity index (χ4n) is 2.13. The molecule has 0 spiro atoms. The van der Waals surface area contributed by atoms with Gasteiger partial charge in [0.05, 0.1) is 16.3 Å². The van der Waals surface area contributed by atoms with Gasteiger partial charge in [0, 0.05) is 13.5 Å². The molecule has 1 aliphatic heterocycles. The summed E-state index contributed by atoms with van der Waals surface area (Å²) in [6, 6.07) is 8.30. The number of thiazole rings is 1. The minimum Gasteiger partial charge on any atom is -0.336 e. The molecule has 3 rings (SSSR count). The number of carbonyl (C=O) groups excluding carboxylic acids is 1. The molecule has 3 nitrogen and oxygen atoms in total. The fourth-order valence-corrected chi connectivity index (χ4v) is 3.27. The van der Waals surface area contributed by atoms with Crippen molar-refractivity contribution in [2.75, 3.05) is 7.05 Å². The minimum absolute atomic E-state index is 0.185. The van der Waals surface area contributed by atoms with Crippen LogP contribution in [-0.2, 0) is 4.79 Å². The van der Waals surface area contributed by atoms with Crippen molar-refractivity contribution >= 4 is 27.5 Å². The molecule has 2 heterocycles. The fraction of sp³-hybridized carbons (Fsp3) is 0.333. The van der Waals surface area contributed by atoms with E-state index in [1.165, 1.54) is 4.70 Å². The van der Waals surface area contributed by atoms with Crippen LogP contribution in [0.2, 0.25) is 0 Å². The predicted molar refractivity (Wildman–Crippen MR) is 64.4 cm³/mol. The second-order valence-corrected chi connectivity index (χ2v) is 5.14. The summed E-state index contributed by atoms with van der Waals surface area (Å²) in [4.78, 5) is 17.9. The molecule has 0 bridgehead atoms. The second kappa shape index (κ2) is 3.56. The van der Waals surface area contributed by atoms with Crippen LogP contribution in [0.1, 0.15) is 23.9 Å². The third-order valence-corrected chi connectivity index (χ3v) is 4.23. The number of fused-ring (bicyclic) bond motifs is 1. The molecule has 1 atom stereocenters. The highest BCUT2D eigenvalue weighted by atomic mass is 32.1. The lowest BCUT2D eigenvalue weighted by molar-refractivity contribution is -0.127. The van der Waals surface area contributed by atoms with Gasteiger partial charge in [0.1, 0.15) is 5.01 Å². The molecule has 0 radical (unpaired) electrons. The lowest BCUT2D eigenvalue weighted by Crippen LogP contribution is -2.22. The maximum Gasteiger partial charge on any atom is 0.222 e. The van der Waals surface area contributed by atoms with Crippen molar-refractivity contribution in [1.29, 1.82) is 0 Å². The molecule has 1 saturated heterocycles. The number of hydrogen-bond donors (Lipinski definition) is 0. The summed E-state index contributed by atoms with van der Waals surface area (Å²) < 4.78 is 1.20. The molecule has 4 heteroatoms. The number of likely N-dealkylation sites (tertiary alicyclic amines) is 1. The van der Waals surface area contributed by atoms with E-state index in [1.807, 2.05) is 30.1 Å². The molecule has 1 unspecified atom stereocenters. The Labute approximate surface area is 97.7 Å². The van der Waals surface area contributed by atoms with E-state index in [0.29, 0.717) is 6.42 Å². The van der Waals surface area contributed by atoms with E-state index >= 15 is 0 Å². The molecule has 0 N–H and O–H groups in total. The zero-order valence-corrected chi connectivity index (χ0v) is 9.83. The molecule has 1 fully saturated rings. The summed E-state index contributed by atoms with van der Waals surface area (Å²) in [5.74, 6) is 0.226. The molecule has 1 aromatic heterocycles. The normalized spacial score (nSPS) is 20.9. The Morgan fingerprint density at radius 3 is 2.94 bits per heavy atom. The number of nitrogens with zero attached hydrogens (tertiary/aromatic N) is 2. The molecule has 2 aromatic rings. The summed E-state index contributed by atoms with van der Waals surface area (Å²) in [7, 11) is 1.87. The van der Waals surface area contributed by atoms with Crippen LogP contribution in [0.4, 0.5) is 0 Å². The quantitative estimate of drug-likeness (QED) is 0.757. The number of amides is 1. The summed E-state index contributed by atoms with van der Waals surface area (Å²) in [6.07, 6.45) is 1.55. The van der Waals surface area contributed by atoms with E-state index in [4.69, 9.17) is 0 Å². The first-order valence-electron chi connectivity index (χ1n) is 5.37. The first-order valence-corrected chi connectivity index (χ1v) is 6.18. The standard InChI is InChI=1S/C12H12N2OS/c1-14-9(6-7-11(14)15)12-13-8-4-2-3-5-10(8)16-12/h2-5,9H,6-7H2,1H3. The van der Waals surface area contributed by atoms with Crippen molar-refractivity contribution in [3.05, 3.63) is 29.3 Å². The van der Waals surface area contributed by atoms with E-state index in [-0.39, 0.29) is 11.9 Å². The average Bonchev–Trinajstić information content (AvgIpc) is 2.84. The summed E-state index contributed by atoms with van der Waals surface area (Å²) in [6.45, 7) is 0. The van der Waals surface area contributed by atoms with Gasteiger partial charge in [-0.25, -0.2) is 4.98 Å². The van der Waals surface area contributed by atoms with Crippen LogP contribution in [0, 0.1) is 0 Å². The molecular formula is C12H12N2OS. The van der Waals surface area contributed by atoms with Gasteiger partial charge < -0.3 is 4.90 Å². The van der Waals surface area contributed by atoms with Crippen molar-refractivity contribution < 1.29 is 4.79 Å². The van der Waals surface area contributed by atoms with Gasteiger partial charge in [-0.3, -0.25) is 4.79 Å². The molecule has 82 valence electrons. The molecule has 1 aromatic carbocycles. The zero-order valence-electron chi connectivity index (χ0n) is 9.01. The third kappa shape index (κ3) is 1.41. The lowest BCUT2D eigenvalue weighted by atomic mass is 10.2. The molecule has 0 saturated carbocycles. The number of aromatic nitrogens is 1. The Bertz CT molecular complexity index is 516. The van der Waals surface area contributed by atoms with Gasteiger partial charge in [-0.2, -0.15) is 0 Å². The Kier molecular flexibility index (Phi) is 2.17. The third-order valence-electron chi connectivity index (χ3n) is 3.09. The van der Waals surface area contributed by atoms with Crippen molar-refractivity contribution in [2.45, 2.75) is 18.9 Å². The van der Waals surface area contributed by atoms with Crippen LogP contribution in [-0.4, -0.2) is 22.8 Å². The van der Waals surface area contributed by atoms with E-state index in [1.54, 1.807) is 11.3 Å². The highest BCUT2D eigenvalue weighted by molar-refractivity contribution is 7.18. The number of para-hydroxylation sites is 1. The Morgan fingerprint density at radius 1 is 1.44 bits per heavy atom. The van der Waals surface area contributed by atoms with Gasteiger partial charge in [0.15, 0.2) is 0 Å². The summed E-state index contributed by atoms with van der Waals surface area (Å²) >= 11 is 1.70. The molecule has 16 heavy (non-hydrogen) atoms. The monoisotopic (exact) mass is 232 g/mol. The number of rotatable bonds is 1. The van der Waals surface area contributed by atoms with Crippen LogP contribution in [0.15, 0.2) is 24.3 Å². The molecular weight excluding hydrogens is 220 g/mol. The predicted octanol–water partition coefficient (Wildman–Crippen LogP) is 2.59. The lowest BCUT2D eigenvalue weighted by Gasteiger charge is -2.16. The highest BCUT2D eigenvalue weighted by Gasteiger charge is 2.31.